The van der Waals surface area contributed by atoms with Crippen molar-refractivity contribution in [3.05, 3.63) is 12.8 Å². The monoisotopic (exact) mass is 196 g/mol. The average molecular weight is 196 g/mol. The summed E-state index contributed by atoms with van der Waals surface area (Å²) in [6.45, 7) is 6.53. The zero-order chi connectivity index (χ0) is 7.82. The Kier molecular flexibility index (Phi) is 13.4. The van der Waals surface area contributed by atoms with Gasteiger partial charge in [0.1, 0.15) is 0 Å². The van der Waals surface area contributed by atoms with E-state index < -0.39 is 0 Å². The molecule has 0 N–H and O–H groups in total. The van der Waals surface area contributed by atoms with Crippen molar-refractivity contribution in [2.45, 2.75) is 26.7 Å². The van der Waals surface area contributed by atoms with Crippen LogP contribution in [0.15, 0.2) is 0 Å². The van der Waals surface area contributed by atoms with Gasteiger partial charge in [0.15, 0.2) is 0 Å². The molecule has 2 heteroatoms. The van der Waals surface area contributed by atoms with E-state index in [2.05, 4.69) is 18.4 Å². The number of hydrogen-bond acceptors (Lipinski definition) is 1. The predicted octanol–water partition coefficient (Wildman–Crippen LogP) is 2.14. The van der Waals surface area contributed by atoms with Gasteiger partial charge in [0.2, 0.25) is 0 Å². The number of nitrogens with zero attached hydrogens (tertiary/aromatic N) is 1. The Bertz CT molecular complexity index is 60.6. The first-order chi connectivity index (χ1) is 4.81. The molecule has 1 aliphatic heterocycles. The Morgan fingerprint density at radius 1 is 1.18 bits per heavy atom. The Morgan fingerprint density at radius 3 is 1.73 bits per heavy atom. The smallest absolute Gasteiger partial charge is 0.335 e. The van der Waals surface area contributed by atoms with E-state index >= 15 is 0 Å². The van der Waals surface area contributed by atoms with E-state index in [1.165, 1.54) is 25.9 Å². The molecule has 67 valence electrons. The Labute approximate surface area is 82.0 Å². The minimum absolute atomic E-state index is 0. The first kappa shape index (κ1) is 14.0. The summed E-state index contributed by atoms with van der Waals surface area (Å²) in [5, 5.41) is 0. The van der Waals surface area contributed by atoms with E-state index in [9.17, 15) is 0 Å². The molecule has 1 saturated heterocycles. The fourth-order valence-electron chi connectivity index (χ4n) is 0.879. The maximum atomic E-state index is 2.36. The summed E-state index contributed by atoms with van der Waals surface area (Å²) in [6.07, 6.45) is 6.94. The summed E-state index contributed by atoms with van der Waals surface area (Å²) in [5.74, 6) is 0. The quantitative estimate of drug-likeness (QED) is 0.424. The van der Waals surface area contributed by atoms with Crippen LogP contribution in [0.4, 0.5) is 0 Å². The third-order valence-corrected chi connectivity index (χ3v) is 1.43. The van der Waals surface area contributed by atoms with Crippen molar-refractivity contribution in [3.63, 3.8) is 0 Å². The van der Waals surface area contributed by atoms with Crippen LogP contribution in [0.2, 0.25) is 0 Å². The Hall–Kier alpha value is 0.479. The second-order valence-corrected chi connectivity index (χ2v) is 2.75. The molecule has 1 aliphatic rings. The molecule has 0 atom stereocenters. The first-order valence-corrected chi connectivity index (χ1v) is 4.05. The van der Waals surface area contributed by atoms with E-state index in [4.69, 9.17) is 0 Å². The van der Waals surface area contributed by atoms with Crippen LogP contribution >= 0.6 is 0 Å². The molecule has 0 aromatic rings. The van der Waals surface area contributed by atoms with Crippen LogP contribution in [0.5, 0.6) is 0 Å². The molecule has 0 spiro atoms. The van der Waals surface area contributed by atoms with Crippen LogP contribution in [0.25, 0.3) is 0 Å². The van der Waals surface area contributed by atoms with Gasteiger partial charge in [-0.25, -0.2) is 0 Å². The Morgan fingerprint density at radius 2 is 1.55 bits per heavy atom. The molecule has 0 aromatic carbocycles. The fraction of sp³-hybridized carbons (Fsp3) is 0.778. The van der Waals surface area contributed by atoms with Crippen LogP contribution in [-0.2, 0) is 17.1 Å². The third kappa shape index (κ3) is 10.5. The molecule has 1 radical (unpaired) electrons. The van der Waals surface area contributed by atoms with Gasteiger partial charge in [-0.1, -0.05) is 0 Å². The van der Waals surface area contributed by atoms with Crippen molar-refractivity contribution < 1.29 is 17.1 Å². The topological polar surface area (TPSA) is 3.24 Å². The molecular formula is C9H19MnN. The Balaban J connectivity index is 0. The van der Waals surface area contributed by atoms with Crippen molar-refractivity contribution >= 4 is 0 Å². The summed E-state index contributed by atoms with van der Waals surface area (Å²) in [6, 6.07) is 0. The second kappa shape index (κ2) is 10.5. The van der Waals surface area contributed by atoms with E-state index in [0.29, 0.717) is 0 Å². The fourth-order valence-corrected chi connectivity index (χ4v) is 0.879. The molecule has 0 amide bonds. The van der Waals surface area contributed by atoms with Gasteiger partial charge in [-0.2, -0.15) is 26.7 Å². The predicted molar refractivity (Wildman–Crippen MR) is 46.7 cm³/mol. The van der Waals surface area contributed by atoms with E-state index in [-0.39, 0.29) is 17.1 Å². The normalized spacial score (nSPS) is 17.7. The summed E-state index contributed by atoms with van der Waals surface area (Å²) in [5.41, 5.74) is 0. The molecule has 1 rings (SSSR count). The van der Waals surface area contributed by atoms with Gasteiger partial charge < -0.3 is 17.7 Å². The number of piperidine rings is 1. The number of likely N-dealkylation sites (tertiary alicyclic amines) is 1. The molecule has 0 bridgehead atoms. The van der Waals surface area contributed by atoms with Crippen LogP contribution in [-0.4, -0.2) is 25.0 Å². The second-order valence-electron chi connectivity index (χ2n) is 2.75. The van der Waals surface area contributed by atoms with Crippen molar-refractivity contribution in [2.24, 2.45) is 0 Å². The maximum absolute atomic E-state index is 2.36. The molecule has 0 saturated carbocycles. The van der Waals surface area contributed by atoms with Crippen LogP contribution in [0.3, 0.4) is 0 Å². The molecule has 1 heterocycles. The summed E-state index contributed by atoms with van der Waals surface area (Å²) >= 11 is 0. The standard InChI is InChI=1S/C6H12N.C3H7.Mn/c1-7-5-3-2-4-6-7;1-3-2;/h2H,3-6H2,1H3;3H,1-2H3;/q2*-1;+2. The van der Waals surface area contributed by atoms with Crippen LogP contribution in [0.1, 0.15) is 26.7 Å². The molecule has 0 unspecified atom stereocenters. The van der Waals surface area contributed by atoms with Gasteiger partial charge in [-0.3, -0.25) is 0 Å². The van der Waals surface area contributed by atoms with E-state index in [1.807, 2.05) is 20.3 Å². The van der Waals surface area contributed by atoms with Gasteiger partial charge in [-0.05, 0) is 20.1 Å². The molecule has 1 fully saturated rings. The van der Waals surface area contributed by atoms with Crippen molar-refractivity contribution in [2.75, 3.05) is 20.1 Å². The van der Waals surface area contributed by atoms with Gasteiger partial charge >= 0.3 is 17.1 Å². The zero-order valence-corrected chi connectivity index (χ0v) is 8.99. The summed E-state index contributed by atoms with van der Waals surface area (Å²) in [4.78, 5) is 2.36. The number of rotatable bonds is 0. The van der Waals surface area contributed by atoms with Gasteiger partial charge in [0.05, 0.1) is 0 Å². The third-order valence-electron chi connectivity index (χ3n) is 1.43. The molecule has 11 heavy (non-hydrogen) atoms. The number of hydrogen-bond donors (Lipinski definition) is 0. The SMILES string of the molecule is CN1CC[CH-]CC1.C[CH-]C.[Mn+2]. The maximum Gasteiger partial charge on any atom is 2.00 e. The molecule has 1 nitrogen and oxygen atoms in total. The van der Waals surface area contributed by atoms with E-state index in [0.717, 1.165) is 0 Å². The average Bonchev–Trinajstić information content (AvgIpc) is 1.91. The van der Waals surface area contributed by atoms with Crippen molar-refractivity contribution in [3.8, 4) is 0 Å². The molecular weight excluding hydrogens is 177 g/mol. The van der Waals surface area contributed by atoms with Gasteiger partial charge in [-0.15, -0.1) is 0 Å². The van der Waals surface area contributed by atoms with Crippen molar-refractivity contribution in [1.82, 2.24) is 4.90 Å². The molecule has 0 aliphatic carbocycles. The summed E-state index contributed by atoms with van der Waals surface area (Å²) in [7, 11) is 2.17. The van der Waals surface area contributed by atoms with Gasteiger partial charge in [0.25, 0.3) is 0 Å². The minimum atomic E-state index is 0. The van der Waals surface area contributed by atoms with Crippen LogP contribution < -0.4 is 0 Å². The van der Waals surface area contributed by atoms with Crippen LogP contribution in [0, 0.1) is 12.8 Å². The minimum Gasteiger partial charge on any atom is -0.335 e. The van der Waals surface area contributed by atoms with Crippen molar-refractivity contribution in [1.29, 1.82) is 0 Å². The van der Waals surface area contributed by atoms with E-state index in [1.54, 1.807) is 0 Å². The molecule has 0 aromatic heterocycles. The van der Waals surface area contributed by atoms with Gasteiger partial charge in [0, 0.05) is 0 Å². The zero-order valence-electron chi connectivity index (χ0n) is 7.81. The largest absolute Gasteiger partial charge is 2.00 e. The first-order valence-electron chi connectivity index (χ1n) is 4.05. The summed E-state index contributed by atoms with van der Waals surface area (Å²) < 4.78 is 0.